The van der Waals surface area contributed by atoms with Crippen molar-refractivity contribution in [1.29, 1.82) is 0 Å². The third-order valence-electron chi connectivity index (χ3n) is 5.54. The molecule has 0 bridgehead atoms. The van der Waals surface area contributed by atoms with Crippen LogP contribution in [-0.4, -0.2) is 81.3 Å². The number of carbonyl (C=O) groups is 2. The molecule has 4 heterocycles. The van der Waals surface area contributed by atoms with Crippen molar-refractivity contribution >= 4 is 11.9 Å². The summed E-state index contributed by atoms with van der Waals surface area (Å²) in [6.45, 7) is 4.93. The fourth-order valence-electron chi connectivity index (χ4n) is 3.88. The number of rotatable bonds is 3. The first kappa shape index (κ1) is 24.6. The molecule has 4 rings (SSSR count). The number of pyridine rings is 2. The number of halogens is 3. The highest BCUT2D eigenvalue weighted by Gasteiger charge is 2.41. The Morgan fingerprint density at radius 3 is 2.39 bits per heavy atom. The van der Waals surface area contributed by atoms with Gasteiger partial charge in [-0.3, -0.25) is 19.7 Å². The Hall–Kier alpha value is -3.05. The van der Waals surface area contributed by atoms with Gasteiger partial charge in [0.15, 0.2) is 0 Å². The van der Waals surface area contributed by atoms with Crippen molar-refractivity contribution in [3.05, 3.63) is 60.2 Å². The molecule has 0 unspecified atom stereocenters. The highest BCUT2D eigenvalue weighted by Crippen LogP contribution is 2.31. The molecule has 0 saturated carbocycles. The summed E-state index contributed by atoms with van der Waals surface area (Å²) in [5.41, 5.74) is 1.61. The van der Waals surface area contributed by atoms with E-state index in [0.717, 1.165) is 52.2 Å². The molecule has 1 amide bonds. The van der Waals surface area contributed by atoms with Crippen LogP contribution in [0.25, 0.3) is 0 Å². The van der Waals surface area contributed by atoms with Crippen molar-refractivity contribution in [2.45, 2.75) is 31.2 Å². The summed E-state index contributed by atoms with van der Waals surface area (Å²) in [5.74, 6) is -2.74. The van der Waals surface area contributed by atoms with Crippen LogP contribution in [-0.2, 0) is 16.1 Å². The summed E-state index contributed by atoms with van der Waals surface area (Å²) < 4.78 is 37.9. The normalized spacial score (nSPS) is 18.3. The topological polar surface area (TPSA) is 95.9 Å². The predicted octanol–water partition coefficient (Wildman–Crippen LogP) is 2.62. The lowest BCUT2D eigenvalue weighted by atomic mass is 9.89. The Morgan fingerprint density at radius 2 is 1.82 bits per heavy atom. The quantitative estimate of drug-likeness (QED) is 0.743. The third kappa shape index (κ3) is 6.96. The van der Waals surface area contributed by atoms with Gasteiger partial charge < -0.3 is 14.7 Å². The first-order chi connectivity index (χ1) is 15.7. The number of carbonyl (C=O) groups excluding carboxylic acids is 1. The number of amides is 1. The molecule has 0 aliphatic carbocycles. The van der Waals surface area contributed by atoms with E-state index in [9.17, 15) is 18.0 Å². The number of carboxylic acid groups (broad SMARTS) is 1. The van der Waals surface area contributed by atoms with Crippen LogP contribution in [0.3, 0.4) is 0 Å². The van der Waals surface area contributed by atoms with E-state index < -0.39 is 12.1 Å². The summed E-state index contributed by atoms with van der Waals surface area (Å²) in [7, 11) is 0. The maximum absolute atomic E-state index is 12.6. The van der Waals surface area contributed by atoms with E-state index in [0.29, 0.717) is 5.69 Å². The van der Waals surface area contributed by atoms with Gasteiger partial charge in [-0.1, -0.05) is 12.1 Å². The van der Waals surface area contributed by atoms with Crippen molar-refractivity contribution in [3.8, 4) is 0 Å². The minimum absolute atomic E-state index is 0.0171. The van der Waals surface area contributed by atoms with Crippen molar-refractivity contribution < 1.29 is 32.6 Å². The molecule has 178 valence electrons. The second-order valence-corrected chi connectivity index (χ2v) is 7.91. The van der Waals surface area contributed by atoms with Crippen LogP contribution < -0.4 is 0 Å². The Morgan fingerprint density at radius 1 is 1.09 bits per heavy atom. The van der Waals surface area contributed by atoms with Gasteiger partial charge in [-0.15, -0.1) is 0 Å². The molecule has 11 heteroatoms. The van der Waals surface area contributed by atoms with E-state index in [1.54, 1.807) is 18.5 Å². The van der Waals surface area contributed by atoms with Crippen LogP contribution in [0.2, 0.25) is 0 Å². The SMILES string of the molecule is O=C(O)C(F)(F)F.O=C(c1ccccn1)N1CCC2(CC1)CN(Cc1cccnc1)CCO2. The molecular formula is C22H25F3N4O4. The van der Waals surface area contributed by atoms with Crippen LogP contribution in [0.15, 0.2) is 48.9 Å². The van der Waals surface area contributed by atoms with Gasteiger partial charge in [-0.25, -0.2) is 4.79 Å². The van der Waals surface area contributed by atoms with Gasteiger partial charge in [0.2, 0.25) is 0 Å². The minimum atomic E-state index is -5.08. The molecule has 2 saturated heterocycles. The maximum atomic E-state index is 12.6. The number of likely N-dealkylation sites (tertiary alicyclic amines) is 1. The first-order valence-electron chi connectivity index (χ1n) is 10.4. The van der Waals surface area contributed by atoms with Gasteiger partial charge >= 0.3 is 12.1 Å². The number of aromatic nitrogens is 2. The van der Waals surface area contributed by atoms with Gasteiger partial charge in [0.05, 0.1) is 12.2 Å². The summed E-state index contributed by atoms with van der Waals surface area (Å²) >= 11 is 0. The lowest BCUT2D eigenvalue weighted by molar-refractivity contribution is -0.192. The molecule has 0 aromatic carbocycles. The Kier molecular flexibility index (Phi) is 7.98. The molecule has 8 nitrogen and oxygen atoms in total. The number of alkyl halides is 3. The number of ether oxygens (including phenoxy) is 1. The Balaban J connectivity index is 0.000000383. The maximum Gasteiger partial charge on any atom is 0.490 e. The van der Waals surface area contributed by atoms with E-state index in [2.05, 4.69) is 20.9 Å². The lowest BCUT2D eigenvalue weighted by Crippen LogP contribution is -2.57. The zero-order chi connectivity index (χ0) is 23.9. The fourth-order valence-corrected chi connectivity index (χ4v) is 3.88. The average molecular weight is 466 g/mol. The number of morpholine rings is 1. The second-order valence-electron chi connectivity index (χ2n) is 7.91. The zero-order valence-electron chi connectivity index (χ0n) is 17.9. The molecule has 2 aliphatic heterocycles. The molecule has 1 N–H and O–H groups in total. The Bertz CT molecular complexity index is 920. The molecule has 2 fully saturated rings. The number of nitrogens with zero attached hydrogens (tertiary/aromatic N) is 4. The largest absolute Gasteiger partial charge is 0.490 e. The minimum Gasteiger partial charge on any atom is -0.475 e. The van der Waals surface area contributed by atoms with Crippen molar-refractivity contribution in [3.63, 3.8) is 0 Å². The van der Waals surface area contributed by atoms with E-state index in [-0.39, 0.29) is 11.5 Å². The number of hydrogen-bond acceptors (Lipinski definition) is 6. The summed E-state index contributed by atoms with van der Waals surface area (Å²) in [4.78, 5) is 34.2. The molecular weight excluding hydrogens is 441 g/mol. The van der Waals surface area contributed by atoms with Gasteiger partial charge in [0.25, 0.3) is 5.91 Å². The first-order valence-corrected chi connectivity index (χ1v) is 10.4. The predicted molar refractivity (Wildman–Crippen MR) is 111 cm³/mol. The highest BCUT2D eigenvalue weighted by atomic mass is 19.4. The third-order valence-corrected chi connectivity index (χ3v) is 5.54. The van der Waals surface area contributed by atoms with Crippen molar-refractivity contribution in [2.24, 2.45) is 0 Å². The van der Waals surface area contributed by atoms with E-state index in [1.807, 2.05) is 29.3 Å². The van der Waals surface area contributed by atoms with E-state index >= 15 is 0 Å². The standard InChI is InChI=1S/C20H24N4O2.C2HF3O2/c25-19(18-5-1-2-9-22-18)24-10-6-20(7-11-24)16-23(12-13-26-20)15-17-4-3-8-21-14-17;3-2(4,5)1(6)7/h1-5,8-9,14H,6-7,10-13,15-16H2;(H,6,7). The molecule has 0 atom stereocenters. The number of hydrogen-bond donors (Lipinski definition) is 1. The molecule has 33 heavy (non-hydrogen) atoms. The summed E-state index contributed by atoms with van der Waals surface area (Å²) in [5, 5.41) is 7.12. The van der Waals surface area contributed by atoms with Crippen molar-refractivity contribution in [1.82, 2.24) is 19.8 Å². The summed E-state index contributed by atoms with van der Waals surface area (Å²) in [6, 6.07) is 9.55. The fraction of sp³-hybridized carbons (Fsp3) is 0.455. The molecule has 2 aromatic heterocycles. The van der Waals surface area contributed by atoms with E-state index in [1.165, 1.54) is 5.56 Å². The highest BCUT2D eigenvalue weighted by molar-refractivity contribution is 5.92. The van der Waals surface area contributed by atoms with Crippen LogP contribution in [0.5, 0.6) is 0 Å². The number of aliphatic carboxylic acids is 1. The van der Waals surface area contributed by atoms with Crippen molar-refractivity contribution in [2.75, 3.05) is 32.8 Å². The number of carboxylic acids is 1. The lowest BCUT2D eigenvalue weighted by Gasteiger charge is -2.47. The van der Waals surface area contributed by atoms with Gasteiger partial charge in [-0.2, -0.15) is 13.2 Å². The molecule has 1 spiro atoms. The smallest absolute Gasteiger partial charge is 0.475 e. The van der Waals surface area contributed by atoms with Crippen LogP contribution >= 0.6 is 0 Å². The van der Waals surface area contributed by atoms with E-state index in [4.69, 9.17) is 14.6 Å². The molecule has 2 aromatic rings. The zero-order valence-corrected chi connectivity index (χ0v) is 17.9. The van der Waals surface area contributed by atoms with Gasteiger partial charge in [0.1, 0.15) is 5.69 Å². The molecule has 0 radical (unpaired) electrons. The molecule has 2 aliphatic rings. The average Bonchev–Trinajstić information content (AvgIpc) is 2.80. The van der Waals surface area contributed by atoms with Crippen LogP contribution in [0.1, 0.15) is 28.9 Å². The van der Waals surface area contributed by atoms with Gasteiger partial charge in [0, 0.05) is 51.3 Å². The van der Waals surface area contributed by atoms with Crippen LogP contribution in [0, 0.1) is 0 Å². The van der Waals surface area contributed by atoms with Gasteiger partial charge in [-0.05, 0) is 36.6 Å². The monoisotopic (exact) mass is 466 g/mol. The number of piperidine rings is 1. The van der Waals surface area contributed by atoms with Crippen LogP contribution in [0.4, 0.5) is 13.2 Å². The summed E-state index contributed by atoms with van der Waals surface area (Å²) in [6.07, 6.45) is 2.05. The second kappa shape index (κ2) is 10.7. The Labute approximate surface area is 189 Å².